The van der Waals surface area contributed by atoms with Crippen LogP contribution in [0.3, 0.4) is 0 Å². The smallest absolute Gasteiger partial charge is 0.135 e. The first-order chi connectivity index (χ1) is 6.16. The van der Waals surface area contributed by atoms with Crippen LogP contribution in [0.25, 0.3) is 0 Å². The third-order valence-corrected chi connectivity index (χ3v) is 2.90. The molecule has 1 rings (SSSR count). The van der Waals surface area contributed by atoms with Gasteiger partial charge in [-0.05, 0) is 26.3 Å². The molecule has 76 valence electrons. The number of rotatable bonds is 4. The summed E-state index contributed by atoms with van der Waals surface area (Å²) in [7, 11) is 1.68. The lowest BCUT2D eigenvalue weighted by Crippen LogP contribution is -2.42. The van der Waals surface area contributed by atoms with Crippen molar-refractivity contribution in [1.29, 1.82) is 0 Å². The third-order valence-electron chi connectivity index (χ3n) is 2.90. The minimum atomic E-state index is 0.000556. The van der Waals surface area contributed by atoms with Crippen LogP contribution in [0.15, 0.2) is 0 Å². The summed E-state index contributed by atoms with van der Waals surface area (Å²) < 4.78 is 5.37. The molecule has 1 saturated heterocycles. The Morgan fingerprint density at radius 2 is 2.31 bits per heavy atom. The van der Waals surface area contributed by atoms with E-state index >= 15 is 0 Å². The molecule has 3 nitrogen and oxygen atoms in total. The van der Waals surface area contributed by atoms with E-state index in [1.165, 1.54) is 6.42 Å². The average Bonchev–Trinajstić information content (AvgIpc) is 2.58. The van der Waals surface area contributed by atoms with E-state index in [4.69, 9.17) is 4.74 Å². The summed E-state index contributed by atoms with van der Waals surface area (Å²) in [5, 5.41) is 3.37. The number of hydrogen-bond acceptors (Lipinski definition) is 3. The standard InChI is InChI=1S/C10H19NO2/c1-7(8(2)12)10(13-3)9-5-4-6-11-9/h7,9-11H,4-6H2,1-3H3. The maximum Gasteiger partial charge on any atom is 0.135 e. The summed E-state index contributed by atoms with van der Waals surface area (Å²) in [4.78, 5) is 11.2. The van der Waals surface area contributed by atoms with Crippen LogP contribution in [-0.2, 0) is 9.53 Å². The lowest BCUT2D eigenvalue weighted by Gasteiger charge is -2.26. The second-order valence-electron chi connectivity index (χ2n) is 3.80. The summed E-state index contributed by atoms with van der Waals surface area (Å²) >= 11 is 0. The van der Waals surface area contributed by atoms with Crippen LogP contribution >= 0.6 is 0 Å². The fraction of sp³-hybridized carbons (Fsp3) is 0.900. The van der Waals surface area contributed by atoms with Gasteiger partial charge in [-0.15, -0.1) is 0 Å². The largest absolute Gasteiger partial charge is 0.379 e. The predicted octanol–water partition coefficient (Wildman–Crippen LogP) is 0.978. The summed E-state index contributed by atoms with van der Waals surface area (Å²) in [5.74, 6) is 0.209. The van der Waals surface area contributed by atoms with Crippen molar-refractivity contribution >= 4 is 5.78 Å². The molecule has 3 atom stereocenters. The van der Waals surface area contributed by atoms with Crippen molar-refractivity contribution in [3.05, 3.63) is 0 Å². The normalized spacial score (nSPS) is 27.2. The van der Waals surface area contributed by atoms with Gasteiger partial charge in [-0.3, -0.25) is 4.79 Å². The lowest BCUT2D eigenvalue weighted by molar-refractivity contribution is -0.125. The van der Waals surface area contributed by atoms with Gasteiger partial charge in [0.15, 0.2) is 0 Å². The number of Topliss-reactive ketones (excluding diaryl/α,β-unsaturated/α-hetero) is 1. The molecule has 1 aliphatic rings. The number of methoxy groups -OCH3 is 1. The highest BCUT2D eigenvalue weighted by Crippen LogP contribution is 2.18. The van der Waals surface area contributed by atoms with Gasteiger partial charge >= 0.3 is 0 Å². The molecule has 0 amide bonds. The fourth-order valence-corrected chi connectivity index (χ4v) is 1.94. The van der Waals surface area contributed by atoms with E-state index in [-0.39, 0.29) is 17.8 Å². The molecule has 0 saturated carbocycles. The van der Waals surface area contributed by atoms with Crippen molar-refractivity contribution in [2.24, 2.45) is 5.92 Å². The van der Waals surface area contributed by atoms with Crippen LogP contribution in [0.1, 0.15) is 26.7 Å². The highest BCUT2D eigenvalue weighted by molar-refractivity contribution is 5.78. The van der Waals surface area contributed by atoms with Crippen molar-refractivity contribution in [2.45, 2.75) is 38.8 Å². The van der Waals surface area contributed by atoms with E-state index in [0.717, 1.165) is 13.0 Å². The Kier molecular flexibility index (Phi) is 3.88. The molecule has 0 aromatic heterocycles. The molecule has 0 radical (unpaired) electrons. The van der Waals surface area contributed by atoms with Gasteiger partial charge in [0.05, 0.1) is 6.10 Å². The number of ether oxygens (including phenoxy) is 1. The SMILES string of the molecule is COC(C1CCCN1)C(C)C(C)=O. The molecule has 1 fully saturated rings. The Morgan fingerprint density at radius 3 is 2.69 bits per heavy atom. The lowest BCUT2D eigenvalue weighted by atomic mass is 9.93. The van der Waals surface area contributed by atoms with Crippen molar-refractivity contribution in [1.82, 2.24) is 5.32 Å². The van der Waals surface area contributed by atoms with Crippen molar-refractivity contribution in [3.8, 4) is 0 Å². The van der Waals surface area contributed by atoms with E-state index in [0.29, 0.717) is 6.04 Å². The van der Waals surface area contributed by atoms with Crippen LogP contribution in [-0.4, -0.2) is 31.6 Å². The van der Waals surface area contributed by atoms with Crippen LogP contribution in [0.5, 0.6) is 0 Å². The Labute approximate surface area is 79.8 Å². The average molecular weight is 185 g/mol. The highest BCUT2D eigenvalue weighted by Gasteiger charge is 2.30. The molecule has 1 aliphatic heterocycles. The van der Waals surface area contributed by atoms with Gasteiger partial charge in [-0.1, -0.05) is 6.92 Å². The van der Waals surface area contributed by atoms with Crippen LogP contribution in [0.4, 0.5) is 0 Å². The van der Waals surface area contributed by atoms with Gasteiger partial charge < -0.3 is 10.1 Å². The minimum Gasteiger partial charge on any atom is -0.379 e. The topological polar surface area (TPSA) is 38.3 Å². The van der Waals surface area contributed by atoms with E-state index in [1.807, 2.05) is 6.92 Å². The van der Waals surface area contributed by atoms with Crippen molar-refractivity contribution in [3.63, 3.8) is 0 Å². The van der Waals surface area contributed by atoms with E-state index in [1.54, 1.807) is 14.0 Å². The molecule has 1 N–H and O–H groups in total. The summed E-state index contributed by atoms with van der Waals surface area (Å²) in [6.07, 6.45) is 2.35. The Balaban J connectivity index is 2.54. The number of carbonyl (C=O) groups excluding carboxylic acids is 1. The zero-order valence-corrected chi connectivity index (χ0v) is 8.67. The van der Waals surface area contributed by atoms with E-state index < -0.39 is 0 Å². The first kappa shape index (κ1) is 10.7. The molecular weight excluding hydrogens is 166 g/mol. The molecule has 0 spiro atoms. The number of carbonyl (C=O) groups is 1. The van der Waals surface area contributed by atoms with Crippen LogP contribution < -0.4 is 5.32 Å². The molecule has 3 heteroatoms. The predicted molar refractivity (Wildman–Crippen MR) is 51.7 cm³/mol. The van der Waals surface area contributed by atoms with E-state index in [9.17, 15) is 4.79 Å². The zero-order valence-electron chi connectivity index (χ0n) is 8.67. The van der Waals surface area contributed by atoms with Gasteiger partial charge in [0.1, 0.15) is 5.78 Å². The Hall–Kier alpha value is -0.410. The first-order valence-corrected chi connectivity index (χ1v) is 4.93. The monoisotopic (exact) mass is 185 g/mol. The van der Waals surface area contributed by atoms with Crippen LogP contribution in [0.2, 0.25) is 0 Å². The molecule has 0 aromatic carbocycles. The summed E-state index contributed by atoms with van der Waals surface area (Å²) in [6, 6.07) is 0.365. The molecule has 3 unspecified atom stereocenters. The molecule has 0 aromatic rings. The maximum atomic E-state index is 11.2. The minimum absolute atomic E-state index is 0.000556. The van der Waals surface area contributed by atoms with E-state index in [2.05, 4.69) is 5.32 Å². The van der Waals surface area contributed by atoms with Gasteiger partial charge in [0.25, 0.3) is 0 Å². The molecular formula is C10H19NO2. The maximum absolute atomic E-state index is 11.2. The van der Waals surface area contributed by atoms with Gasteiger partial charge in [0, 0.05) is 19.1 Å². The summed E-state index contributed by atoms with van der Waals surface area (Å²) in [5.41, 5.74) is 0. The Bertz CT molecular complexity index is 176. The molecule has 0 bridgehead atoms. The first-order valence-electron chi connectivity index (χ1n) is 4.93. The molecule has 13 heavy (non-hydrogen) atoms. The van der Waals surface area contributed by atoms with Gasteiger partial charge in [0.2, 0.25) is 0 Å². The fourth-order valence-electron chi connectivity index (χ4n) is 1.94. The highest BCUT2D eigenvalue weighted by atomic mass is 16.5. The van der Waals surface area contributed by atoms with Gasteiger partial charge in [-0.25, -0.2) is 0 Å². The quantitative estimate of drug-likeness (QED) is 0.709. The Morgan fingerprint density at radius 1 is 1.62 bits per heavy atom. The number of ketones is 1. The van der Waals surface area contributed by atoms with Crippen LogP contribution in [0, 0.1) is 5.92 Å². The van der Waals surface area contributed by atoms with Crippen molar-refractivity contribution in [2.75, 3.05) is 13.7 Å². The molecule has 0 aliphatic carbocycles. The second-order valence-corrected chi connectivity index (χ2v) is 3.80. The second kappa shape index (κ2) is 4.72. The number of hydrogen-bond donors (Lipinski definition) is 1. The summed E-state index contributed by atoms with van der Waals surface area (Å²) in [6.45, 7) is 4.62. The third kappa shape index (κ3) is 2.51. The zero-order chi connectivity index (χ0) is 9.84. The van der Waals surface area contributed by atoms with Crippen molar-refractivity contribution < 1.29 is 9.53 Å². The van der Waals surface area contributed by atoms with Gasteiger partial charge in [-0.2, -0.15) is 0 Å². The number of nitrogens with one attached hydrogen (secondary N) is 1. The molecule has 1 heterocycles.